The highest BCUT2D eigenvalue weighted by Crippen LogP contribution is 2.38. The molecule has 1 fully saturated rings. The van der Waals surface area contributed by atoms with Crippen molar-refractivity contribution < 1.29 is 19.2 Å². The van der Waals surface area contributed by atoms with Gasteiger partial charge < -0.3 is 24.9 Å². The molecule has 4 amide bonds. The van der Waals surface area contributed by atoms with Crippen LogP contribution in [0.3, 0.4) is 0 Å². The molecule has 0 atom stereocenters. The number of rotatable bonds is 15. The third-order valence-electron chi connectivity index (χ3n) is 11.7. The zero-order valence-corrected chi connectivity index (χ0v) is 33.1. The predicted molar refractivity (Wildman–Crippen MR) is 225 cm³/mol. The van der Waals surface area contributed by atoms with E-state index in [-0.39, 0.29) is 23.6 Å². The van der Waals surface area contributed by atoms with Gasteiger partial charge in [0.2, 0.25) is 0 Å². The van der Waals surface area contributed by atoms with E-state index in [1.165, 1.54) is 9.80 Å². The maximum absolute atomic E-state index is 13.8. The molecule has 8 rings (SSSR count). The van der Waals surface area contributed by atoms with E-state index in [4.69, 9.17) is 0 Å². The number of anilines is 2. The predicted octanol–water partition coefficient (Wildman–Crippen LogP) is 4.42. The molecule has 292 valence electrons. The minimum Gasteiger partial charge on any atom is -0.372 e. The molecule has 13 heteroatoms. The Balaban J connectivity index is 0.828. The van der Waals surface area contributed by atoms with Crippen LogP contribution in [0.4, 0.5) is 11.4 Å². The van der Waals surface area contributed by atoms with Crippen molar-refractivity contribution in [1.82, 2.24) is 29.8 Å². The van der Waals surface area contributed by atoms with E-state index in [1.807, 2.05) is 81.1 Å². The number of carbonyl (C=O) groups is 4. The number of carbonyl (C=O) groups excluding carboxylic acids is 4. The first-order chi connectivity index (χ1) is 27.2. The fourth-order valence-corrected chi connectivity index (χ4v) is 8.73. The molecule has 0 unspecified atom stereocenters. The molecular formula is C43H50N8O4S. The molecule has 0 spiro atoms. The van der Waals surface area contributed by atoms with E-state index in [0.717, 1.165) is 97.3 Å². The maximum atomic E-state index is 13.8. The van der Waals surface area contributed by atoms with Gasteiger partial charge in [-0.05, 0) is 88.7 Å². The van der Waals surface area contributed by atoms with Crippen LogP contribution in [0.5, 0.6) is 0 Å². The molecule has 4 aliphatic rings. The molecule has 0 saturated carbocycles. The molecule has 0 bridgehead atoms. The fraction of sp³-hybridized carbons (Fsp3) is 0.395. The van der Waals surface area contributed by atoms with Gasteiger partial charge in [0.05, 0.1) is 12.4 Å². The van der Waals surface area contributed by atoms with Gasteiger partial charge in [0, 0.05) is 114 Å². The molecule has 4 aromatic carbocycles. The van der Waals surface area contributed by atoms with Crippen molar-refractivity contribution in [3.63, 3.8) is 0 Å². The summed E-state index contributed by atoms with van der Waals surface area (Å²) in [6, 6.07) is 19.2. The number of piperazine rings is 1. The number of amides is 4. The molecular weight excluding hydrogens is 725 g/mol. The number of likely N-dealkylation sites (N-methyl/N-ethyl adjacent to an activating group) is 2. The lowest BCUT2D eigenvalue weighted by molar-refractivity contribution is 0.0585. The highest BCUT2D eigenvalue weighted by molar-refractivity contribution is 7.80. The third-order valence-corrected chi connectivity index (χ3v) is 12.0. The summed E-state index contributed by atoms with van der Waals surface area (Å²) in [4.78, 5) is 68.8. The van der Waals surface area contributed by atoms with Crippen LogP contribution < -0.4 is 15.1 Å². The lowest BCUT2D eigenvalue weighted by atomic mass is 9.92. The van der Waals surface area contributed by atoms with Gasteiger partial charge in [-0.1, -0.05) is 24.3 Å². The standard InChI is InChI=1S/C43H50N8O4S/c1-45(16-5-17-46(2)21-27-51-41(53)33-10-4-8-31-37(49-19-15-44-29-49)14-12-35(39(31)33)43(51)55)20-26-50-40(52)32-9-3-7-30-36(13-11-34(38(30)32)42(50)54)48-24-22-47(23-25-48)18-6-28-56/h3-4,7-15,19,44,56H,5-6,16-18,20-29H2,1-2H3. The molecule has 4 heterocycles. The average Bonchev–Trinajstić information content (AvgIpc) is 3.76. The summed E-state index contributed by atoms with van der Waals surface area (Å²) in [5, 5.41) is 6.51. The summed E-state index contributed by atoms with van der Waals surface area (Å²) < 4.78 is 0. The first-order valence-corrected chi connectivity index (χ1v) is 20.3. The van der Waals surface area contributed by atoms with Gasteiger partial charge in [-0.25, -0.2) is 0 Å². The number of hydrogen-bond acceptors (Lipinski definition) is 11. The van der Waals surface area contributed by atoms with Crippen LogP contribution in [0.25, 0.3) is 21.5 Å². The van der Waals surface area contributed by atoms with Gasteiger partial charge in [0.1, 0.15) is 0 Å². The van der Waals surface area contributed by atoms with E-state index in [1.54, 1.807) is 0 Å². The lowest BCUT2D eigenvalue weighted by Crippen LogP contribution is -2.47. The van der Waals surface area contributed by atoms with Gasteiger partial charge in [-0.3, -0.25) is 33.9 Å². The largest absolute Gasteiger partial charge is 0.372 e. The summed E-state index contributed by atoms with van der Waals surface area (Å²) in [6.07, 6.45) is 5.76. The number of thiol groups is 1. The number of imide groups is 2. The Bertz CT molecular complexity index is 2170. The number of hydrogen-bond donors (Lipinski definition) is 2. The molecule has 0 aliphatic carbocycles. The number of nitrogens with one attached hydrogen (secondary N) is 1. The van der Waals surface area contributed by atoms with Crippen molar-refractivity contribution in [3.05, 3.63) is 95.3 Å². The second-order valence-electron chi connectivity index (χ2n) is 15.3. The average molecular weight is 775 g/mol. The van der Waals surface area contributed by atoms with Crippen LogP contribution in [0.15, 0.2) is 73.1 Å². The molecule has 56 heavy (non-hydrogen) atoms. The topological polar surface area (TPSA) is 103 Å². The summed E-state index contributed by atoms with van der Waals surface area (Å²) >= 11 is 4.36. The van der Waals surface area contributed by atoms with Crippen molar-refractivity contribution in [3.8, 4) is 0 Å². The van der Waals surface area contributed by atoms with E-state index in [9.17, 15) is 19.2 Å². The van der Waals surface area contributed by atoms with Crippen LogP contribution in [0.1, 0.15) is 54.3 Å². The fourth-order valence-electron chi connectivity index (χ4n) is 8.59. The van der Waals surface area contributed by atoms with E-state index >= 15 is 0 Å². The number of benzene rings is 4. The van der Waals surface area contributed by atoms with E-state index in [0.29, 0.717) is 55.1 Å². The molecule has 4 aliphatic heterocycles. The van der Waals surface area contributed by atoms with Crippen molar-refractivity contribution in [2.24, 2.45) is 0 Å². The normalized spacial score (nSPS) is 17.2. The Hall–Kier alpha value is -4.95. The van der Waals surface area contributed by atoms with Crippen LogP contribution in [0.2, 0.25) is 0 Å². The van der Waals surface area contributed by atoms with Crippen LogP contribution in [-0.4, -0.2) is 147 Å². The van der Waals surface area contributed by atoms with Gasteiger partial charge in [0.15, 0.2) is 0 Å². The van der Waals surface area contributed by atoms with Gasteiger partial charge in [-0.15, -0.1) is 0 Å². The molecule has 12 nitrogen and oxygen atoms in total. The molecule has 1 saturated heterocycles. The molecule has 0 aromatic heterocycles. The monoisotopic (exact) mass is 774 g/mol. The van der Waals surface area contributed by atoms with E-state index in [2.05, 4.69) is 48.5 Å². The Morgan fingerprint density at radius 1 is 0.607 bits per heavy atom. The third kappa shape index (κ3) is 7.13. The minimum atomic E-state index is -0.260. The SMILES string of the molecule is CN(CCCN(C)CCN1C(=O)c2cccc3c(N4CCN(CCCS)CC4)ccc(c23)C1=O)CCN1C(=O)c2cccc3c(N4C=CNC4)ccc(c23)C1=O. The highest BCUT2D eigenvalue weighted by atomic mass is 32.1. The zero-order chi connectivity index (χ0) is 38.9. The molecule has 4 aromatic rings. The van der Waals surface area contributed by atoms with Crippen LogP contribution >= 0.6 is 12.6 Å². The summed E-state index contributed by atoms with van der Waals surface area (Å²) in [7, 11) is 4.00. The van der Waals surface area contributed by atoms with Crippen LogP contribution in [-0.2, 0) is 0 Å². The second-order valence-corrected chi connectivity index (χ2v) is 15.7. The van der Waals surface area contributed by atoms with Crippen molar-refractivity contribution in [2.45, 2.75) is 12.8 Å². The van der Waals surface area contributed by atoms with Gasteiger partial charge >= 0.3 is 0 Å². The molecule has 1 N–H and O–H groups in total. The Morgan fingerprint density at radius 3 is 1.64 bits per heavy atom. The maximum Gasteiger partial charge on any atom is 0.261 e. The van der Waals surface area contributed by atoms with Crippen molar-refractivity contribution in [1.29, 1.82) is 0 Å². The van der Waals surface area contributed by atoms with Crippen LogP contribution in [0, 0.1) is 0 Å². The minimum absolute atomic E-state index is 0.239. The first-order valence-electron chi connectivity index (χ1n) is 19.7. The van der Waals surface area contributed by atoms with Crippen molar-refractivity contribution >= 4 is 69.2 Å². The first kappa shape index (κ1) is 37.9. The Labute approximate surface area is 333 Å². The van der Waals surface area contributed by atoms with Gasteiger partial charge in [0.25, 0.3) is 23.6 Å². The summed E-state index contributed by atoms with van der Waals surface area (Å²) in [5.41, 5.74) is 4.32. The summed E-state index contributed by atoms with van der Waals surface area (Å²) in [6.45, 7) is 8.69. The second kappa shape index (κ2) is 16.3. The Kier molecular flexibility index (Phi) is 11.0. The smallest absolute Gasteiger partial charge is 0.261 e. The zero-order valence-electron chi connectivity index (χ0n) is 32.2. The molecule has 0 radical (unpaired) electrons. The summed E-state index contributed by atoms with van der Waals surface area (Å²) in [5.74, 6) is -0.106. The number of nitrogens with zero attached hydrogens (tertiary/aromatic N) is 7. The van der Waals surface area contributed by atoms with E-state index < -0.39 is 0 Å². The highest BCUT2D eigenvalue weighted by Gasteiger charge is 2.35. The van der Waals surface area contributed by atoms with Gasteiger partial charge in [-0.2, -0.15) is 12.6 Å². The Morgan fingerprint density at radius 2 is 1.12 bits per heavy atom. The quantitative estimate of drug-likeness (QED) is 0.133. The lowest BCUT2D eigenvalue weighted by Gasteiger charge is -2.37. The van der Waals surface area contributed by atoms with Crippen molar-refractivity contribution in [2.75, 3.05) is 108 Å².